The molecule has 5 N–H and O–H groups in total. The second-order valence-electron chi connectivity index (χ2n) is 11.8. The first kappa shape index (κ1) is 36.7. The van der Waals surface area contributed by atoms with E-state index in [1.54, 1.807) is 32.0 Å². The predicted molar refractivity (Wildman–Crippen MR) is 166 cm³/mol. The number of amides is 5. The number of carboxylic acid groups (broad SMARTS) is 1. The zero-order valence-corrected chi connectivity index (χ0v) is 26.3. The molecule has 1 aromatic rings. The van der Waals surface area contributed by atoms with Gasteiger partial charge in [0, 0.05) is 31.4 Å². The van der Waals surface area contributed by atoms with E-state index in [9.17, 15) is 39.0 Å². The smallest absolute Gasteiger partial charge is 0.332 e. The highest BCUT2D eigenvalue weighted by Gasteiger charge is 2.33. The van der Waals surface area contributed by atoms with Gasteiger partial charge in [-0.05, 0) is 42.9 Å². The standard InChI is InChI=1S/C31H43BN4O10/c1-18(2)29(35-25(38)9-11-45-12-10-36-27(40)7-8-28(36)41)30(42)33-17-26(39)34-21-5-3-20(16-32)19(13-21)4-6-23-14-22(37)15-24(46-23)31(43)44/h3,5,13,18,22-24,29,37H,4,6-12,14-17H2,1-2H3,(H,33,42)(H,34,39)(H,35,38)(H,43,44). The molecule has 2 radical (unpaired) electrons. The minimum absolute atomic E-state index is 0.0341. The number of nitrogens with one attached hydrogen (secondary N) is 3. The number of hydrogen-bond donors (Lipinski definition) is 5. The molecule has 14 nitrogen and oxygen atoms in total. The van der Waals surface area contributed by atoms with Gasteiger partial charge in [0.25, 0.3) is 0 Å². The van der Waals surface area contributed by atoms with Crippen molar-refractivity contribution in [3.63, 3.8) is 0 Å². The second kappa shape index (κ2) is 17.8. The Bertz CT molecular complexity index is 1260. The molecule has 5 amide bonds. The van der Waals surface area contributed by atoms with Crippen molar-refractivity contribution < 1.29 is 48.5 Å². The number of carbonyl (C=O) groups excluding carboxylic acids is 5. The number of hydrogen-bond acceptors (Lipinski definition) is 9. The Morgan fingerprint density at radius 1 is 1.07 bits per heavy atom. The summed E-state index contributed by atoms with van der Waals surface area (Å²) in [6.45, 7) is 3.45. The van der Waals surface area contributed by atoms with Crippen LogP contribution in [0.25, 0.3) is 0 Å². The number of rotatable bonds is 17. The summed E-state index contributed by atoms with van der Waals surface area (Å²) in [7, 11) is 5.89. The van der Waals surface area contributed by atoms with Crippen LogP contribution < -0.4 is 16.0 Å². The van der Waals surface area contributed by atoms with Crippen LogP contribution in [-0.4, -0.2) is 109 Å². The highest BCUT2D eigenvalue weighted by Crippen LogP contribution is 2.25. The molecule has 4 atom stereocenters. The molecule has 0 aromatic heterocycles. The Hall–Kier alpha value is -3.82. The first-order valence-corrected chi connectivity index (χ1v) is 15.5. The van der Waals surface area contributed by atoms with Gasteiger partial charge in [-0.15, -0.1) is 0 Å². The number of nitrogens with zero attached hydrogens (tertiary/aromatic N) is 1. The van der Waals surface area contributed by atoms with E-state index >= 15 is 0 Å². The van der Waals surface area contributed by atoms with E-state index in [0.717, 1.165) is 16.0 Å². The lowest BCUT2D eigenvalue weighted by molar-refractivity contribution is -0.166. The van der Waals surface area contributed by atoms with Crippen LogP contribution >= 0.6 is 0 Å². The van der Waals surface area contributed by atoms with Crippen LogP contribution in [-0.2, 0) is 51.0 Å². The van der Waals surface area contributed by atoms with Crippen LogP contribution in [0.3, 0.4) is 0 Å². The maximum absolute atomic E-state index is 12.8. The molecule has 46 heavy (non-hydrogen) atoms. The lowest BCUT2D eigenvalue weighted by atomic mass is 9.89. The van der Waals surface area contributed by atoms with Gasteiger partial charge in [0.15, 0.2) is 6.10 Å². The molecule has 0 spiro atoms. The van der Waals surface area contributed by atoms with E-state index in [1.807, 2.05) is 0 Å². The van der Waals surface area contributed by atoms with Crippen molar-refractivity contribution in [1.82, 2.24) is 15.5 Å². The molecule has 250 valence electrons. The van der Waals surface area contributed by atoms with E-state index in [-0.39, 0.29) is 76.0 Å². The van der Waals surface area contributed by atoms with Crippen molar-refractivity contribution in [3.05, 3.63) is 29.3 Å². The lowest BCUT2D eigenvalue weighted by Crippen LogP contribution is -2.51. The van der Waals surface area contributed by atoms with Crippen molar-refractivity contribution in [2.45, 2.75) is 89.5 Å². The molecule has 1 aromatic carbocycles. The van der Waals surface area contributed by atoms with Gasteiger partial charge in [0.05, 0.1) is 46.4 Å². The third-order valence-corrected chi connectivity index (χ3v) is 7.88. The third-order valence-electron chi connectivity index (χ3n) is 7.88. The minimum Gasteiger partial charge on any atom is -0.479 e. The number of carboxylic acids is 1. The van der Waals surface area contributed by atoms with Crippen molar-refractivity contribution in [2.24, 2.45) is 5.92 Å². The van der Waals surface area contributed by atoms with Crippen LogP contribution in [0.15, 0.2) is 18.2 Å². The molecule has 0 aliphatic carbocycles. The maximum atomic E-state index is 12.8. The summed E-state index contributed by atoms with van der Waals surface area (Å²) in [5.41, 5.74) is 2.16. The molecule has 2 heterocycles. The highest BCUT2D eigenvalue weighted by molar-refractivity contribution is 6.08. The Morgan fingerprint density at radius 2 is 1.78 bits per heavy atom. The number of likely N-dealkylation sites (tertiary alicyclic amines) is 1. The number of benzene rings is 1. The van der Waals surface area contributed by atoms with Gasteiger partial charge in [-0.1, -0.05) is 31.8 Å². The number of carbonyl (C=O) groups is 6. The summed E-state index contributed by atoms with van der Waals surface area (Å²) < 4.78 is 11.0. The van der Waals surface area contributed by atoms with Gasteiger partial charge >= 0.3 is 5.97 Å². The fourth-order valence-electron chi connectivity index (χ4n) is 5.35. The first-order valence-electron chi connectivity index (χ1n) is 15.5. The zero-order valence-electron chi connectivity index (χ0n) is 26.3. The predicted octanol–water partition coefficient (Wildman–Crippen LogP) is 0.0320. The first-order chi connectivity index (χ1) is 21.9. The minimum atomic E-state index is -1.11. The second-order valence-corrected chi connectivity index (χ2v) is 11.8. The lowest BCUT2D eigenvalue weighted by Gasteiger charge is -2.31. The van der Waals surface area contributed by atoms with E-state index < -0.39 is 48.0 Å². The number of aliphatic hydroxyl groups is 1. The number of aryl methyl sites for hydroxylation is 1. The molecular weight excluding hydrogens is 599 g/mol. The number of ether oxygens (including phenoxy) is 2. The van der Waals surface area contributed by atoms with Gasteiger partial charge in [-0.3, -0.25) is 28.9 Å². The molecule has 15 heteroatoms. The fourth-order valence-corrected chi connectivity index (χ4v) is 5.35. The van der Waals surface area contributed by atoms with Gasteiger partial charge in [0.1, 0.15) is 6.04 Å². The topological polar surface area (TPSA) is 201 Å². The molecule has 2 aliphatic heterocycles. The SMILES string of the molecule is [B]Cc1ccc(NC(=O)CNC(=O)C(NC(=O)CCOCCN2C(=O)CCC2=O)C(C)C)cc1CCC1CC(O)CC(C(=O)O)O1. The summed E-state index contributed by atoms with van der Waals surface area (Å²) in [6, 6.07) is 4.33. The van der Waals surface area contributed by atoms with Crippen LogP contribution in [0.4, 0.5) is 5.69 Å². The molecular formula is C31H43BN4O10. The number of anilines is 1. The van der Waals surface area contributed by atoms with Crippen LogP contribution in [0, 0.1) is 5.92 Å². The molecule has 4 unspecified atom stereocenters. The number of imide groups is 1. The normalized spacial score (nSPS) is 20.4. The van der Waals surface area contributed by atoms with Gasteiger partial charge in [-0.25, -0.2) is 4.79 Å². The molecule has 0 saturated carbocycles. The quantitative estimate of drug-likeness (QED) is 0.0878. The van der Waals surface area contributed by atoms with E-state index in [1.165, 1.54) is 0 Å². The zero-order chi connectivity index (χ0) is 33.8. The summed E-state index contributed by atoms with van der Waals surface area (Å²) in [4.78, 5) is 73.7. The summed E-state index contributed by atoms with van der Waals surface area (Å²) in [5, 5.41) is 27.3. The van der Waals surface area contributed by atoms with E-state index in [2.05, 4.69) is 16.0 Å². The molecule has 2 fully saturated rings. The number of aliphatic carboxylic acids is 1. The molecule has 2 aliphatic rings. The van der Waals surface area contributed by atoms with Gasteiger partial charge < -0.3 is 35.6 Å². The van der Waals surface area contributed by atoms with Crippen molar-refractivity contribution >= 4 is 49.0 Å². The Morgan fingerprint density at radius 3 is 2.43 bits per heavy atom. The monoisotopic (exact) mass is 642 g/mol. The Balaban J connectivity index is 1.43. The largest absolute Gasteiger partial charge is 0.479 e. The van der Waals surface area contributed by atoms with Crippen LogP contribution in [0.2, 0.25) is 0 Å². The van der Waals surface area contributed by atoms with Crippen molar-refractivity contribution in [2.75, 3.05) is 31.6 Å². The fraction of sp³-hybridized carbons (Fsp3) is 0.613. The Labute approximate surface area is 269 Å². The van der Waals surface area contributed by atoms with Crippen LogP contribution in [0.1, 0.15) is 63.5 Å². The van der Waals surface area contributed by atoms with Gasteiger partial charge in [-0.2, -0.15) is 0 Å². The maximum Gasteiger partial charge on any atom is 0.332 e. The molecule has 2 saturated heterocycles. The van der Waals surface area contributed by atoms with Crippen molar-refractivity contribution in [1.29, 1.82) is 0 Å². The van der Waals surface area contributed by atoms with Crippen molar-refractivity contribution in [3.8, 4) is 0 Å². The van der Waals surface area contributed by atoms with Crippen LogP contribution in [0.5, 0.6) is 0 Å². The Kier molecular flexibility index (Phi) is 14.2. The molecule has 0 bridgehead atoms. The third kappa shape index (κ3) is 11.2. The average Bonchev–Trinajstić information content (AvgIpc) is 3.33. The summed E-state index contributed by atoms with van der Waals surface area (Å²) >= 11 is 0. The van der Waals surface area contributed by atoms with Gasteiger partial charge in [0.2, 0.25) is 29.5 Å². The summed E-state index contributed by atoms with van der Waals surface area (Å²) in [6.07, 6.45) is -0.325. The summed E-state index contributed by atoms with van der Waals surface area (Å²) in [5.74, 6) is -3.29. The average molecular weight is 643 g/mol. The highest BCUT2D eigenvalue weighted by atomic mass is 16.5. The number of aliphatic hydroxyl groups excluding tert-OH is 1. The van der Waals surface area contributed by atoms with E-state index in [4.69, 9.17) is 17.3 Å². The molecule has 3 rings (SSSR count). The van der Waals surface area contributed by atoms with E-state index in [0.29, 0.717) is 24.9 Å².